The third-order valence-corrected chi connectivity index (χ3v) is 14.1. The molecule has 1 aromatic carbocycles. The van der Waals surface area contributed by atoms with E-state index in [1.54, 1.807) is 44.4 Å². The fourth-order valence-corrected chi connectivity index (χ4v) is 10.4. The number of cyclic esters (lactones) is 1. The molecule has 1 aromatic rings. The highest BCUT2D eigenvalue weighted by atomic mass is 16.7. The number of hydrogen-bond donors (Lipinski definition) is 2. The highest BCUT2D eigenvalue weighted by Crippen LogP contribution is 2.40. The third kappa shape index (κ3) is 13.6. The molecule has 13 unspecified atom stereocenters. The maximum atomic E-state index is 14.5. The average molecular weight is 893 g/mol. The molecule has 0 spiro atoms. The van der Waals surface area contributed by atoms with Crippen LogP contribution in [0.4, 0.5) is 10.5 Å². The summed E-state index contributed by atoms with van der Waals surface area (Å²) in [7, 11) is 4.86. The summed E-state index contributed by atoms with van der Waals surface area (Å²) in [4.78, 5) is 57.2. The van der Waals surface area contributed by atoms with Gasteiger partial charge in [-0.25, -0.2) is 9.59 Å². The maximum absolute atomic E-state index is 14.5. The Morgan fingerprint density at radius 1 is 0.938 bits per heavy atom. The lowest BCUT2D eigenvalue weighted by molar-refractivity contribution is -0.321. The average Bonchev–Trinajstić information content (AvgIpc) is 3.27. The molecule has 13 atom stereocenters. The van der Waals surface area contributed by atoms with Crippen LogP contribution < -0.4 is 5.32 Å². The van der Waals surface area contributed by atoms with Gasteiger partial charge in [-0.15, -0.1) is 6.58 Å². The number of ketones is 1. The number of fused-ring (bicyclic) bond motifs is 3. The van der Waals surface area contributed by atoms with Gasteiger partial charge in [0.15, 0.2) is 5.79 Å². The Bertz CT molecular complexity index is 1780. The smallest absolute Gasteiger partial charge is 0.411 e. The second-order valence-electron chi connectivity index (χ2n) is 19.1. The summed E-state index contributed by atoms with van der Waals surface area (Å²) in [6, 6.07) is 8.29. The van der Waals surface area contributed by atoms with Crippen molar-refractivity contribution in [2.75, 3.05) is 33.2 Å². The lowest BCUT2D eigenvalue weighted by atomic mass is 9.82. The molecular weight excluding hydrogens is 817 g/mol. The first-order valence-corrected chi connectivity index (χ1v) is 23.6. The van der Waals surface area contributed by atoms with Gasteiger partial charge in [0.1, 0.15) is 30.1 Å². The van der Waals surface area contributed by atoms with E-state index in [0.717, 1.165) is 24.0 Å². The van der Waals surface area contributed by atoms with Gasteiger partial charge >= 0.3 is 12.1 Å². The Labute approximate surface area is 381 Å². The number of benzene rings is 1. The molecule has 0 radical (unpaired) electrons. The molecule has 3 fully saturated rings. The molecule has 2 amide bonds. The second kappa shape index (κ2) is 24.1. The predicted molar refractivity (Wildman–Crippen MR) is 245 cm³/mol. The minimum Gasteiger partial charge on any atom is -0.456 e. The molecule has 0 aromatic heterocycles. The van der Waals surface area contributed by atoms with E-state index in [4.69, 9.17) is 28.4 Å². The lowest BCUT2D eigenvalue weighted by Gasteiger charge is -2.48. The molecule has 5 rings (SSSR count). The number of para-hydroxylation sites is 1. The van der Waals surface area contributed by atoms with Crippen LogP contribution in [-0.2, 0) is 42.8 Å². The molecule has 1 aliphatic carbocycles. The monoisotopic (exact) mass is 893 g/mol. The molecule has 4 aliphatic rings. The van der Waals surface area contributed by atoms with Crippen molar-refractivity contribution < 1.29 is 52.7 Å². The maximum Gasteiger partial charge on any atom is 0.411 e. The number of ether oxygens (including phenoxy) is 6. The van der Waals surface area contributed by atoms with Gasteiger partial charge in [0, 0.05) is 51.8 Å². The van der Waals surface area contributed by atoms with Crippen molar-refractivity contribution in [1.82, 2.24) is 4.90 Å². The number of carbonyl (C=O) groups excluding carboxylic acids is 4. The summed E-state index contributed by atoms with van der Waals surface area (Å²) in [5, 5.41) is 15.0. The molecule has 2 bridgehead atoms. The van der Waals surface area contributed by atoms with Gasteiger partial charge in [-0.1, -0.05) is 62.8 Å². The topological polar surface area (TPSA) is 159 Å². The predicted octanol–water partition coefficient (Wildman–Crippen LogP) is 8.75. The first-order chi connectivity index (χ1) is 30.6. The molecule has 64 heavy (non-hydrogen) atoms. The number of Topliss-reactive ketones (excluding diaryl/α,β-unsaturated/α-hetero) is 1. The number of anilines is 1. The second-order valence-corrected chi connectivity index (χ2v) is 19.1. The highest BCUT2D eigenvalue weighted by molar-refractivity contribution is 5.86. The SMILES string of the molecule is C=CCC1C=C(C)CC(C)CC(OC)C2OC(O)(CC(=O)N3CCCCC3C(=O)OC(C(C)=CC3CCC(OC(=O)Nc4ccccc4)C(OC)C3)C(C)CCC1=O)C(C)CC2OC. The molecule has 2 saturated heterocycles. The normalized spacial score (nSPS) is 35.5. The van der Waals surface area contributed by atoms with Crippen LogP contribution in [-0.4, -0.2) is 110 Å². The summed E-state index contributed by atoms with van der Waals surface area (Å²) in [6.45, 7) is 14.3. The number of carbonyl (C=O) groups is 4. The fraction of sp³-hybridized carbons (Fsp3) is 0.686. The van der Waals surface area contributed by atoms with E-state index in [9.17, 15) is 24.3 Å². The molecule has 3 heterocycles. The Balaban J connectivity index is 1.42. The van der Waals surface area contributed by atoms with Crippen molar-refractivity contribution in [3.8, 4) is 0 Å². The molecule has 13 heteroatoms. The Hall–Kier alpha value is -3.88. The largest absolute Gasteiger partial charge is 0.456 e. The van der Waals surface area contributed by atoms with Gasteiger partial charge in [-0.2, -0.15) is 0 Å². The zero-order valence-corrected chi connectivity index (χ0v) is 39.6. The van der Waals surface area contributed by atoms with E-state index in [1.807, 2.05) is 45.9 Å². The molecule has 3 aliphatic heterocycles. The summed E-state index contributed by atoms with van der Waals surface area (Å²) in [5.41, 5.74) is 2.57. The van der Waals surface area contributed by atoms with Crippen LogP contribution >= 0.6 is 0 Å². The van der Waals surface area contributed by atoms with Crippen LogP contribution in [0.2, 0.25) is 0 Å². The van der Waals surface area contributed by atoms with Crippen LogP contribution in [0.25, 0.3) is 0 Å². The van der Waals surface area contributed by atoms with Crippen molar-refractivity contribution in [1.29, 1.82) is 0 Å². The molecule has 1 saturated carbocycles. The van der Waals surface area contributed by atoms with Crippen molar-refractivity contribution in [3.63, 3.8) is 0 Å². The van der Waals surface area contributed by atoms with Crippen LogP contribution in [0.1, 0.15) is 118 Å². The minimum absolute atomic E-state index is 0.0392. The first kappa shape index (κ1) is 51.1. The van der Waals surface area contributed by atoms with Crippen LogP contribution in [0.15, 0.2) is 66.3 Å². The van der Waals surface area contributed by atoms with Crippen LogP contribution in [0, 0.1) is 29.6 Å². The molecule has 13 nitrogen and oxygen atoms in total. The molecular formula is C51H76N2O11. The Kier molecular flexibility index (Phi) is 19.2. The number of nitrogens with one attached hydrogen (secondary N) is 1. The van der Waals surface area contributed by atoms with E-state index in [-0.39, 0.29) is 60.4 Å². The minimum atomic E-state index is -1.82. The van der Waals surface area contributed by atoms with E-state index in [1.165, 1.54) is 0 Å². The Morgan fingerprint density at radius 3 is 2.33 bits per heavy atom. The lowest BCUT2D eigenvalue weighted by Crippen LogP contribution is -2.59. The van der Waals surface area contributed by atoms with Gasteiger partial charge < -0.3 is 38.4 Å². The van der Waals surface area contributed by atoms with Crippen molar-refractivity contribution in [2.24, 2.45) is 29.6 Å². The third-order valence-electron chi connectivity index (χ3n) is 14.1. The number of methoxy groups -OCH3 is 3. The van der Waals surface area contributed by atoms with Gasteiger partial charge in [0.05, 0.1) is 24.7 Å². The number of aliphatic hydroxyl groups is 1. The zero-order chi connectivity index (χ0) is 46.6. The van der Waals surface area contributed by atoms with E-state index in [2.05, 4.69) is 31.0 Å². The van der Waals surface area contributed by atoms with Crippen molar-refractivity contribution in [2.45, 2.75) is 167 Å². The number of allylic oxidation sites excluding steroid dienone is 4. The summed E-state index contributed by atoms with van der Waals surface area (Å²) in [6.07, 6.45) is 8.96. The number of hydrogen-bond acceptors (Lipinski definition) is 11. The number of rotatable bonds is 9. The molecule has 356 valence electrons. The summed E-state index contributed by atoms with van der Waals surface area (Å²) in [5.74, 6) is -3.47. The van der Waals surface area contributed by atoms with E-state index in [0.29, 0.717) is 70.0 Å². The van der Waals surface area contributed by atoms with Crippen molar-refractivity contribution in [3.05, 3.63) is 66.3 Å². The van der Waals surface area contributed by atoms with Crippen LogP contribution in [0.3, 0.4) is 0 Å². The Morgan fingerprint density at radius 2 is 1.64 bits per heavy atom. The number of amides is 2. The van der Waals surface area contributed by atoms with Crippen molar-refractivity contribution >= 4 is 29.4 Å². The standard InChI is InChI=1S/C51H76N2O11/c1-10-16-38-26-32(2)25-33(3)27-44(60-8)48-45(61-9)29-36(6)51(58,64-48)31-46(55)53-24-15-14-19-40(53)49(56)63-47(34(4)20-22-41(38)54)35(5)28-37-21-23-42(43(30-37)59-7)62-50(57)52-39-17-12-11-13-18-39/h10-13,17-18,26,28,33-34,36-38,40,42-45,47-48,58H,1,14-16,19-25,27,29-31H2,2-9H3,(H,52,57). The van der Waals surface area contributed by atoms with Gasteiger partial charge in [0.25, 0.3) is 0 Å². The summed E-state index contributed by atoms with van der Waals surface area (Å²) < 4.78 is 36.7. The quantitative estimate of drug-likeness (QED) is 0.180. The highest BCUT2D eigenvalue weighted by Gasteiger charge is 2.51. The van der Waals surface area contributed by atoms with Gasteiger partial charge in [-0.05, 0) is 120 Å². The summed E-state index contributed by atoms with van der Waals surface area (Å²) >= 11 is 0. The molecule has 2 N–H and O–H groups in total. The first-order valence-electron chi connectivity index (χ1n) is 23.6. The zero-order valence-electron chi connectivity index (χ0n) is 39.6. The number of nitrogens with zero attached hydrogens (tertiary/aromatic N) is 1. The van der Waals surface area contributed by atoms with E-state index >= 15 is 0 Å². The number of esters is 1. The van der Waals surface area contributed by atoms with Crippen LogP contribution in [0.5, 0.6) is 0 Å². The van der Waals surface area contributed by atoms with Gasteiger partial charge in [0.2, 0.25) is 5.91 Å². The fourth-order valence-electron chi connectivity index (χ4n) is 10.4. The number of piperidine rings is 1. The van der Waals surface area contributed by atoms with Gasteiger partial charge in [-0.3, -0.25) is 14.9 Å². The van der Waals surface area contributed by atoms with E-state index < -0.39 is 54.2 Å².